The third kappa shape index (κ3) is 4.21. The van der Waals surface area contributed by atoms with E-state index in [1.165, 1.54) is 19.3 Å². The SMILES string of the molecule is CCCCCCN1C=C2C(=O)N(CCCCCC)C(c3ccccc3)=C2C1=O. The van der Waals surface area contributed by atoms with Crippen LogP contribution < -0.4 is 0 Å². The normalized spacial score (nSPS) is 16.3. The van der Waals surface area contributed by atoms with Crippen molar-refractivity contribution in [2.75, 3.05) is 13.1 Å². The first kappa shape index (κ1) is 20.4. The molecule has 0 spiro atoms. The van der Waals surface area contributed by atoms with Gasteiger partial charge in [-0.15, -0.1) is 0 Å². The molecule has 0 fully saturated rings. The van der Waals surface area contributed by atoms with Crippen LogP contribution in [-0.2, 0) is 9.59 Å². The van der Waals surface area contributed by atoms with Crippen molar-refractivity contribution < 1.29 is 9.59 Å². The zero-order chi connectivity index (χ0) is 19.9. The van der Waals surface area contributed by atoms with E-state index in [0.717, 1.165) is 43.4 Å². The van der Waals surface area contributed by atoms with Gasteiger partial charge < -0.3 is 9.80 Å². The monoisotopic (exact) mass is 380 g/mol. The number of hydrogen-bond acceptors (Lipinski definition) is 2. The van der Waals surface area contributed by atoms with Crippen LogP contribution in [0.1, 0.15) is 70.8 Å². The average Bonchev–Trinajstić information content (AvgIpc) is 3.18. The van der Waals surface area contributed by atoms with Gasteiger partial charge in [-0.1, -0.05) is 82.7 Å². The molecule has 0 radical (unpaired) electrons. The van der Waals surface area contributed by atoms with Crippen LogP contribution in [0.5, 0.6) is 0 Å². The number of rotatable bonds is 11. The number of carbonyl (C=O) groups excluding carboxylic acids is 2. The molecule has 2 heterocycles. The van der Waals surface area contributed by atoms with Gasteiger partial charge in [0.25, 0.3) is 11.8 Å². The molecule has 2 aliphatic heterocycles. The second kappa shape index (κ2) is 9.72. The van der Waals surface area contributed by atoms with Crippen molar-refractivity contribution in [3.63, 3.8) is 0 Å². The Morgan fingerprint density at radius 2 is 1.39 bits per heavy atom. The minimum absolute atomic E-state index is 0.0187. The number of amides is 2. The molecular weight excluding hydrogens is 348 g/mol. The van der Waals surface area contributed by atoms with Gasteiger partial charge in [-0.2, -0.15) is 0 Å². The molecule has 0 aliphatic carbocycles. The molecule has 0 atom stereocenters. The summed E-state index contributed by atoms with van der Waals surface area (Å²) in [6.07, 6.45) is 10.6. The summed E-state index contributed by atoms with van der Waals surface area (Å²) in [6, 6.07) is 9.88. The topological polar surface area (TPSA) is 40.6 Å². The molecule has 2 aliphatic rings. The molecule has 1 aromatic rings. The Bertz CT molecular complexity index is 764. The summed E-state index contributed by atoms with van der Waals surface area (Å²) in [5, 5.41) is 0. The highest BCUT2D eigenvalue weighted by atomic mass is 16.2. The minimum Gasteiger partial charge on any atom is -0.314 e. The number of unbranched alkanes of at least 4 members (excludes halogenated alkanes) is 6. The van der Waals surface area contributed by atoms with Crippen molar-refractivity contribution in [2.45, 2.75) is 65.2 Å². The van der Waals surface area contributed by atoms with Gasteiger partial charge >= 0.3 is 0 Å². The largest absolute Gasteiger partial charge is 0.314 e. The third-order valence-corrected chi connectivity index (χ3v) is 5.55. The fourth-order valence-corrected chi connectivity index (χ4v) is 3.99. The van der Waals surface area contributed by atoms with Crippen molar-refractivity contribution in [1.82, 2.24) is 9.80 Å². The molecule has 1 aromatic carbocycles. The van der Waals surface area contributed by atoms with Crippen molar-refractivity contribution in [3.8, 4) is 0 Å². The summed E-state index contributed by atoms with van der Waals surface area (Å²) in [4.78, 5) is 29.9. The van der Waals surface area contributed by atoms with E-state index in [1.807, 2.05) is 35.2 Å². The van der Waals surface area contributed by atoms with Gasteiger partial charge in [0.05, 0.1) is 16.8 Å². The lowest BCUT2D eigenvalue weighted by Gasteiger charge is -2.22. The fourth-order valence-electron chi connectivity index (χ4n) is 3.99. The smallest absolute Gasteiger partial charge is 0.260 e. The van der Waals surface area contributed by atoms with Crippen LogP contribution in [0.15, 0.2) is 47.7 Å². The van der Waals surface area contributed by atoms with E-state index < -0.39 is 0 Å². The van der Waals surface area contributed by atoms with Gasteiger partial charge in [-0.3, -0.25) is 9.59 Å². The standard InChI is InChI=1S/C24H32N2O2/c1-3-5-7-12-16-25-18-20-21(24(25)28)22(19-14-10-9-11-15-19)26(23(20)27)17-13-8-6-4-2/h9-11,14-15,18H,3-8,12-13,16-17H2,1-2H3. The van der Waals surface area contributed by atoms with E-state index in [2.05, 4.69) is 13.8 Å². The van der Waals surface area contributed by atoms with Crippen molar-refractivity contribution >= 4 is 17.5 Å². The molecule has 28 heavy (non-hydrogen) atoms. The Labute approximate surface area is 168 Å². The summed E-state index contributed by atoms with van der Waals surface area (Å²) < 4.78 is 0. The highest BCUT2D eigenvalue weighted by Gasteiger charge is 2.44. The Morgan fingerprint density at radius 1 is 0.750 bits per heavy atom. The second-order valence-corrected chi connectivity index (χ2v) is 7.71. The minimum atomic E-state index is -0.0187. The van der Waals surface area contributed by atoms with Gasteiger partial charge in [0.15, 0.2) is 0 Å². The molecule has 2 amide bonds. The first-order valence-corrected chi connectivity index (χ1v) is 10.8. The molecule has 0 unspecified atom stereocenters. The summed E-state index contributed by atoms with van der Waals surface area (Å²) >= 11 is 0. The maximum Gasteiger partial charge on any atom is 0.260 e. The van der Waals surface area contributed by atoms with E-state index in [9.17, 15) is 9.59 Å². The number of hydrogen-bond donors (Lipinski definition) is 0. The van der Waals surface area contributed by atoms with Gasteiger partial charge in [0, 0.05) is 19.3 Å². The summed E-state index contributed by atoms with van der Waals surface area (Å²) in [5.41, 5.74) is 2.93. The second-order valence-electron chi connectivity index (χ2n) is 7.71. The van der Waals surface area contributed by atoms with E-state index in [1.54, 1.807) is 11.1 Å². The van der Waals surface area contributed by atoms with Crippen molar-refractivity contribution in [2.24, 2.45) is 0 Å². The maximum atomic E-state index is 13.1. The van der Waals surface area contributed by atoms with Gasteiger partial charge in [-0.05, 0) is 18.4 Å². The van der Waals surface area contributed by atoms with Crippen LogP contribution >= 0.6 is 0 Å². The summed E-state index contributed by atoms with van der Waals surface area (Å²) in [7, 11) is 0. The van der Waals surface area contributed by atoms with Gasteiger partial charge in [-0.25, -0.2) is 0 Å². The van der Waals surface area contributed by atoms with Crippen LogP contribution in [0, 0.1) is 0 Å². The molecule has 0 saturated heterocycles. The lowest BCUT2D eigenvalue weighted by atomic mass is 10.0. The number of carbonyl (C=O) groups is 2. The zero-order valence-corrected chi connectivity index (χ0v) is 17.2. The molecule has 3 rings (SSSR count). The highest BCUT2D eigenvalue weighted by Crippen LogP contribution is 2.40. The lowest BCUT2D eigenvalue weighted by Crippen LogP contribution is -2.29. The van der Waals surface area contributed by atoms with E-state index in [-0.39, 0.29) is 11.8 Å². The van der Waals surface area contributed by atoms with E-state index >= 15 is 0 Å². The molecule has 4 nitrogen and oxygen atoms in total. The Balaban J connectivity index is 1.84. The number of benzene rings is 1. The first-order valence-electron chi connectivity index (χ1n) is 10.8. The molecule has 0 saturated carbocycles. The van der Waals surface area contributed by atoms with Crippen LogP contribution in [0.4, 0.5) is 0 Å². The Kier molecular flexibility index (Phi) is 7.07. The lowest BCUT2D eigenvalue weighted by molar-refractivity contribution is -0.124. The van der Waals surface area contributed by atoms with Crippen molar-refractivity contribution in [1.29, 1.82) is 0 Å². The molecule has 150 valence electrons. The average molecular weight is 381 g/mol. The summed E-state index contributed by atoms with van der Waals surface area (Å²) in [5.74, 6) is -0.0375. The number of nitrogens with zero attached hydrogens (tertiary/aromatic N) is 2. The first-order chi connectivity index (χ1) is 13.7. The molecule has 4 heteroatoms. The molecular formula is C24H32N2O2. The van der Waals surface area contributed by atoms with E-state index in [0.29, 0.717) is 24.2 Å². The Morgan fingerprint density at radius 3 is 2.04 bits per heavy atom. The predicted octanol–water partition coefficient (Wildman–Crippen LogP) is 5.13. The zero-order valence-electron chi connectivity index (χ0n) is 17.2. The highest BCUT2D eigenvalue weighted by molar-refractivity contribution is 6.24. The van der Waals surface area contributed by atoms with Crippen LogP contribution in [0.25, 0.3) is 5.70 Å². The third-order valence-electron chi connectivity index (χ3n) is 5.55. The summed E-state index contributed by atoms with van der Waals surface area (Å²) in [6.45, 7) is 5.73. The molecule has 0 aromatic heterocycles. The van der Waals surface area contributed by atoms with E-state index in [4.69, 9.17) is 0 Å². The van der Waals surface area contributed by atoms with Gasteiger partial charge in [0.1, 0.15) is 0 Å². The van der Waals surface area contributed by atoms with Crippen molar-refractivity contribution in [3.05, 3.63) is 53.2 Å². The fraction of sp³-hybridized carbons (Fsp3) is 0.500. The van der Waals surface area contributed by atoms with Crippen LogP contribution in [-0.4, -0.2) is 34.7 Å². The Hall–Kier alpha value is -2.36. The molecule has 0 N–H and O–H groups in total. The molecule has 0 bridgehead atoms. The maximum absolute atomic E-state index is 13.1. The quantitative estimate of drug-likeness (QED) is 0.500. The predicted molar refractivity (Wildman–Crippen MR) is 113 cm³/mol. The van der Waals surface area contributed by atoms with Gasteiger partial charge in [0.2, 0.25) is 0 Å². The van der Waals surface area contributed by atoms with Crippen LogP contribution in [0.2, 0.25) is 0 Å². The number of fused-ring (bicyclic) bond motifs is 1. The van der Waals surface area contributed by atoms with Crippen LogP contribution in [0.3, 0.4) is 0 Å².